The first-order chi connectivity index (χ1) is 45.8. The molecule has 538 valence electrons. The number of nitrogens with zero attached hydrogens (tertiary/aromatic N) is 3. The first-order valence-electron chi connectivity index (χ1n) is 31.8. The first-order valence-corrected chi connectivity index (χ1v) is 31.8. The number of ether oxygens (including phenoxy) is 2. The Morgan fingerprint density at radius 1 is 0.670 bits per heavy atom. The second-order valence-electron chi connectivity index (χ2n) is 24.3. The van der Waals surface area contributed by atoms with E-state index >= 15 is 0 Å². The van der Waals surface area contributed by atoms with Gasteiger partial charge in [-0.05, 0) is 87.4 Å². The number of carboxylic acid groups (broad SMARTS) is 2. The van der Waals surface area contributed by atoms with Gasteiger partial charge in [0.25, 0.3) is 5.91 Å². The third-order valence-electron chi connectivity index (χ3n) is 15.7. The van der Waals surface area contributed by atoms with Gasteiger partial charge >= 0.3 is 11.9 Å². The van der Waals surface area contributed by atoms with Gasteiger partial charge in [0.2, 0.25) is 53.2 Å². The molecule has 20 N–H and O–H groups in total. The minimum Gasteiger partial charge on any atom is -0.481 e. The van der Waals surface area contributed by atoms with Gasteiger partial charge in [0.15, 0.2) is 6.29 Å². The van der Waals surface area contributed by atoms with E-state index in [1.54, 1.807) is 71.9 Å². The average molecular weight is 1370 g/mol. The van der Waals surface area contributed by atoms with Crippen molar-refractivity contribution < 1.29 is 97.6 Å². The van der Waals surface area contributed by atoms with E-state index in [-0.39, 0.29) is 48.9 Å². The van der Waals surface area contributed by atoms with Gasteiger partial charge in [-0.2, -0.15) is 0 Å². The SMILES string of the molecule is CC[C@H](C)[C@H](NC(=O)[C@@H](N)C(C)C)C(=O)N[C@H](C(=O)N[C@@H](C)C(=O)N[C@@H](Cc1ccccc1)C(=O)N[C@@H](CO[C@H]1O[C@H](CO)[C@H](O)[C@H](O)[C@H]1NC(=O)c1ccccc1N=[N+]=[N-])C(=O)N[C@@H](CCC(=O)O)C(=O)NCC(=O)N[C@@H](CC(C)C)C(=O)N[C@@H](CCCCN)C(=O)O)[C@@H](C)O. The summed E-state index contributed by atoms with van der Waals surface area (Å²) in [5.74, 6) is -14.1. The molecule has 0 aliphatic carbocycles. The van der Waals surface area contributed by atoms with Crippen molar-refractivity contribution in [2.45, 2.75) is 198 Å². The number of rotatable bonds is 41. The standard InChI is InChI=1S/C62H95N15O20/c1-9-32(6)47(73-58(91)46(64)31(4)5)59(92)74-48(34(8)79)60(93)67-33(7)52(85)71-41(26-35-17-11-10-12-18-35)56(89)72-42(29-96-62-49(51(84)50(83)43(28-78)97-62)75-53(86)36-19-13-14-20-37(36)76-77-65)57(90)69-38(22-23-45(81)82)54(87)66-27-44(80)68-40(25-30(2)3)55(88)70-39(61(94)95)21-15-16-24-63/h10-14,17-20,30-34,38-43,46-51,62,78-79,83-84H,9,15-16,21-29,63-64H2,1-8H3,(H,66,87)(H,67,93)(H,68,80)(H,69,90)(H,70,88)(H,71,85)(H,72,89)(H,73,91)(H,74,92)(H,75,86)(H,81,82)(H,94,95)/t32-,33-,34+,38-,39-,40-,41-,42-,43+,46-,47-,48-,49+,50-,51+,62-/m0/s1. The predicted octanol–water partition coefficient (Wildman–Crippen LogP) is -3.03. The molecule has 0 spiro atoms. The summed E-state index contributed by atoms with van der Waals surface area (Å²) in [6, 6.07) is -2.30. The van der Waals surface area contributed by atoms with E-state index < -0.39 is 201 Å². The number of amides is 10. The van der Waals surface area contributed by atoms with Crippen molar-refractivity contribution >= 4 is 76.7 Å². The van der Waals surface area contributed by atoms with Crippen LogP contribution in [0, 0.1) is 17.8 Å². The molecule has 35 heteroatoms. The van der Waals surface area contributed by atoms with E-state index in [1.165, 1.54) is 38.1 Å². The van der Waals surface area contributed by atoms with Crippen LogP contribution in [-0.4, -0.2) is 219 Å². The van der Waals surface area contributed by atoms with Gasteiger partial charge in [0.1, 0.15) is 72.7 Å². The van der Waals surface area contributed by atoms with Crippen LogP contribution in [0.4, 0.5) is 5.69 Å². The normalized spacial score (nSPS) is 19.3. The van der Waals surface area contributed by atoms with Crippen molar-refractivity contribution in [3.63, 3.8) is 0 Å². The van der Waals surface area contributed by atoms with Gasteiger partial charge in [-0.1, -0.05) is 102 Å². The van der Waals surface area contributed by atoms with Crippen LogP contribution in [0.5, 0.6) is 0 Å². The zero-order valence-corrected chi connectivity index (χ0v) is 55.5. The number of benzene rings is 2. The number of nitrogens with two attached hydrogens (primary N) is 2. The molecule has 2 aromatic rings. The number of aliphatic carboxylic acids is 2. The number of nitrogens with one attached hydrogen (secondary N) is 10. The molecular weight excluding hydrogens is 1270 g/mol. The van der Waals surface area contributed by atoms with Crippen molar-refractivity contribution in [3.8, 4) is 0 Å². The maximum Gasteiger partial charge on any atom is 0.326 e. The van der Waals surface area contributed by atoms with Gasteiger partial charge in [-0.15, -0.1) is 0 Å². The van der Waals surface area contributed by atoms with Crippen LogP contribution in [0.1, 0.15) is 116 Å². The molecular formula is C62H95N15O20. The molecule has 0 bridgehead atoms. The molecule has 1 heterocycles. The summed E-state index contributed by atoms with van der Waals surface area (Å²) in [7, 11) is 0. The van der Waals surface area contributed by atoms with Crippen LogP contribution in [0.25, 0.3) is 10.4 Å². The summed E-state index contributed by atoms with van der Waals surface area (Å²) >= 11 is 0. The van der Waals surface area contributed by atoms with Crippen molar-refractivity contribution in [2.75, 3.05) is 26.3 Å². The summed E-state index contributed by atoms with van der Waals surface area (Å²) in [4.78, 5) is 166. The number of aliphatic hydroxyl groups is 4. The van der Waals surface area contributed by atoms with Crippen molar-refractivity contribution in [2.24, 2.45) is 34.3 Å². The summed E-state index contributed by atoms with van der Waals surface area (Å²) in [5, 5.41) is 90.7. The number of aliphatic hydroxyl groups excluding tert-OH is 4. The molecule has 0 unspecified atom stereocenters. The Labute approximate surface area is 560 Å². The van der Waals surface area contributed by atoms with E-state index in [4.69, 9.17) is 20.9 Å². The fourth-order valence-electron chi connectivity index (χ4n) is 9.75. The second kappa shape index (κ2) is 41.2. The molecule has 1 saturated heterocycles. The van der Waals surface area contributed by atoms with E-state index in [1.807, 2.05) is 0 Å². The predicted molar refractivity (Wildman–Crippen MR) is 345 cm³/mol. The van der Waals surface area contributed by atoms with E-state index in [2.05, 4.69) is 63.2 Å². The van der Waals surface area contributed by atoms with Crippen molar-refractivity contribution in [3.05, 3.63) is 76.2 Å². The molecule has 1 fully saturated rings. The fraction of sp³-hybridized carbons (Fsp3) is 0.613. The lowest BCUT2D eigenvalue weighted by molar-refractivity contribution is -0.270. The number of azide groups is 1. The van der Waals surface area contributed by atoms with Crippen molar-refractivity contribution in [1.29, 1.82) is 0 Å². The highest BCUT2D eigenvalue weighted by molar-refractivity contribution is 6.00. The largest absolute Gasteiger partial charge is 0.481 e. The fourth-order valence-corrected chi connectivity index (χ4v) is 9.75. The minimum atomic E-state index is -2.09. The number of carboxylic acids is 2. The third kappa shape index (κ3) is 26.9. The highest BCUT2D eigenvalue weighted by Gasteiger charge is 2.47. The number of carbonyl (C=O) groups excluding carboxylic acids is 10. The molecule has 10 amide bonds. The Bertz CT molecular complexity index is 3050. The molecule has 35 nitrogen and oxygen atoms in total. The topological polar surface area (TPSA) is 566 Å². The lowest BCUT2D eigenvalue weighted by Gasteiger charge is -2.42. The third-order valence-corrected chi connectivity index (χ3v) is 15.7. The molecule has 16 atom stereocenters. The van der Waals surface area contributed by atoms with E-state index in [0.29, 0.717) is 24.8 Å². The first kappa shape index (κ1) is 82.3. The maximum absolute atomic E-state index is 14.9. The number of carbonyl (C=O) groups is 12. The Morgan fingerprint density at radius 3 is 1.85 bits per heavy atom. The average Bonchev–Trinajstić information content (AvgIpc) is 0.803. The Morgan fingerprint density at radius 2 is 1.26 bits per heavy atom. The zero-order chi connectivity index (χ0) is 72.8. The van der Waals surface area contributed by atoms with E-state index in [9.17, 15) is 93.7 Å². The van der Waals surface area contributed by atoms with Gasteiger partial charge in [-0.3, -0.25) is 52.7 Å². The quantitative estimate of drug-likeness (QED) is 0.0136. The van der Waals surface area contributed by atoms with E-state index in [0.717, 1.165) is 0 Å². The van der Waals surface area contributed by atoms with Crippen LogP contribution >= 0.6 is 0 Å². The van der Waals surface area contributed by atoms with Crippen LogP contribution < -0.4 is 64.6 Å². The highest BCUT2D eigenvalue weighted by Crippen LogP contribution is 2.25. The Kier molecular flexibility index (Phi) is 35.0. The molecule has 3 rings (SSSR count). The summed E-state index contributed by atoms with van der Waals surface area (Å²) < 4.78 is 11.8. The van der Waals surface area contributed by atoms with Crippen LogP contribution in [0.3, 0.4) is 0 Å². The smallest absolute Gasteiger partial charge is 0.326 e. The summed E-state index contributed by atoms with van der Waals surface area (Å²) in [6.45, 7) is 9.96. The highest BCUT2D eigenvalue weighted by atomic mass is 16.7. The number of unbranched alkanes of at least 4 members (excludes halogenated alkanes) is 1. The van der Waals surface area contributed by atoms with Gasteiger partial charge in [0, 0.05) is 23.3 Å². The number of hydrogen-bond donors (Lipinski definition) is 18. The molecule has 0 aromatic heterocycles. The zero-order valence-electron chi connectivity index (χ0n) is 55.5. The Hall–Kier alpha value is -8.93. The molecule has 1 aliphatic rings. The summed E-state index contributed by atoms with van der Waals surface area (Å²) in [5.41, 5.74) is 20.7. The lowest BCUT2D eigenvalue weighted by Crippen LogP contribution is -2.65. The molecule has 1 aliphatic heterocycles. The minimum absolute atomic E-state index is 0.00699. The van der Waals surface area contributed by atoms with Gasteiger partial charge in [0.05, 0.1) is 37.6 Å². The second-order valence-corrected chi connectivity index (χ2v) is 24.3. The number of hydrogen-bond acceptors (Lipinski definition) is 21. The molecule has 2 aromatic carbocycles. The molecule has 0 radical (unpaired) electrons. The van der Waals surface area contributed by atoms with Gasteiger partial charge < -0.3 is 105 Å². The van der Waals surface area contributed by atoms with Crippen molar-refractivity contribution in [1.82, 2.24) is 53.2 Å². The lowest BCUT2D eigenvalue weighted by atomic mass is 9.96. The van der Waals surface area contributed by atoms with Crippen LogP contribution in [0.15, 0.2) is 59.7 Å². The maximum atomic E-state index is 14.9. The summed E-state index contributed by atoms with van der Waals surface area (Å²) in [6.07, 6.45) is -9.73. The van der Waals surface area contributed by atoms with Crippen LogP contribution in [-0.2, 0) is 68.6 Å². The van der Waals surface area contributed by atoms with Crippen LogP contribution in [0.2, 0.25) is 0 Å². The monoisotopic (exact) mass is 1370 g/mol. The molecule has 0 saturated carbocycles. The Balaban J connectivity index is 2.09. The molecule has 97 heavy (non-hydrogen) atoms. The van der Waals surface area contributed by atoms with Gasteiger partial charge in [-0.25, -0.2) is 4.79 Å².